The van der Waals surface area contributed by atoms with Gasteiger partial charge in [-0.2, -0.15) is 15.0 Å². The smallest absolute Gasteiger partial charge is 0.410 e. The Bertz CT molecular complexity index is 2640. The fourth-order valence-corrected chi connectivity index (χ4v) is 7.86. The van der Waals surface area contributed by atoms with E-state index in [9.17, 15) is 39.0 Å². The predicted octanol–water partition coefficient (Wildman–Crippen LogP) is 2.54. The van der Waals surface area contributed by atoms with Gasteiger partial charge >= 0.3 is 12.1 Å². The number of imide groups is 1. The van der Waals surface area contributed by atoms with Crippen molar-refractivity contribution >= 4 is 58.3 Å². The molecule has 0 bridgehead atoms. The summed E-state index contributed by atoms with van der Waals surface area (Å²) >= 11 is 0. The number of aromatic hydroxyl groups is 1. The highest BCUT2D eigenvalue weighted by Gasteiger charge is 2.30. The maximum Gasteiger partial charge on any atom is 0.410 e. The molecule has 2 aromatic heterocycles. The van der Waals surface area contributed by atoms with Gasteiger partial charge in [0.25, 0.3) is 17.8 Å². The van der Waals surface area contributed by atoms with Crippen molar-refractivity contribution in [3.8, 4) is 17.8 Å². The number of anilines is 2. The van der Waals surface area contributed by atoms with Crippen LogP contribution in [0.2, 0.25) is 0 Å². The third-order valence-corrected chi connectivity index (χ3v) is 11.8. The summed E-state index contributed by atoms with van der Waals surface area (Å²) in [5.41, 5.74) is 13.3. The van der Waals surface area contributed by atoms with E-state index < -0.39 is 41.5 Å². The van der Waals surface area contributed by atoms with Crippen LogP contribution in [-0.4, -0.2) is 166 Å². The Labute approximate surface area is 446 Å². The molecule has 1 aliphatic heterocycles. The number of carbonyl (C=O) groups excluding carboxylic acids is 6. The van der Waals surface area contributed by atoms with Gasteiger partial charge in [-0.25, -0.2) is 4.79 Å². The molecule has 4 aromatic rings. The zero-order valence-electron chi connectivity index (χ0n) is 44.6. The molecule has 0 spiro atoms. The van der Waals surface area contributed by atoms with E-state index >= 15 is 0 Å². The highest BCUT2D eigenvalue weighted by atomic mass is 16.6. The molecule has 420 valence electrons. The predicted molar refractivity (Wildman–Crippen MR) is 281 cm³/mol. The summed E-state index contributed by atoms with van der Waals surface area (Å²) < 4.78 is 34.7. The van der Waals surface area contributed by atoms with E-state index in [1.165, 1.54) is 28.7 Å². The van der Waals surface area contributed by atoms with Crippen molar-refractivity contribution in [2.75, 3.05) is 84.0 Å². The molecule has 5 rings (SSSR count). The monoisotopic (exact) mass is 1080 g/mol. The molecule has 25 nitrogen and oxygen atoms in total. The van der Waals surface area contributed by atoms with E-state index in [0.717, 1.165) is 4.90 Å². The van der Waals surface area contributed by atoms with Gasteiger partial charge in [-0.3, -0.25) is 33.4 Å². The van der Waals surface area contributed by atoms with Crippen LogP contribution in [0, 0.1) is 5.92 Å². The van der Waals surface area contributed by atoms with Crippen LogP contribution in [0.25, 0.3) is 11.2 Å². The molecule has 0 saturated carbocycles. The molecule has 6 amide bonds. The van der Waals surface area contributed by atoms with Crippen molar-refractivity contribution in [2.24, 2.45) is 11.7 Å². The number of nitrogens with zero attached hydrogens (tertiary/aromatic N) is 6. The number of unbranched alkanes of at least 4 members (excludes halogenated alkanes) is 1. The van der Waals surface area contributed by atoms with E-state index in [-0.39, 0.29) is 132 Å². The second kappa shape index (κ2) is 29.7. The lowest BCUT2D eigenvalue weighted by Gasteiger charge is -2.29. The molecule has 25 heteroatoms. The number of hydrogen-bond acceptors (Lipinski definition) is 19. The zero-order valence-corrected chi connectivity index (χ0v) is 44.6. The summed E-state index contributed by atoms with van der Waals surface area (Å²) in [7, 11) is 1.49. The second-order valence-electron chi connectivity index (χ2n) is 18.9. The largest absolute Gasteiger partial charge is 0.496 e. The van der Waals surface area contributed by atoms with Crippen LogP contribution >= 0.6 is 0 Å². The SMILES string of the molecule is CCOc1nc(N)c2nc(O)n(Cc3ccc(CN(CC(C)(C)O)C(=O)OCc4ccc(NC(=O)[C@H](CCCCN)NC(=O)[C@@H](NC(=O)CCOCCOCCOCCN5C(=O)C=CC5=O)C(C)C)cc4)cc3OC)c2n1. The number of carbonyl (C=O) groups is 6. The van der Waals surface area contributed by atoms with Gasteiger partial charge in [-0.1, -0.05) is 38.1 Å². The number of methoxy groups -OCH3 is 1. The van der Waals surface area contributed by atoms with Crippen molar-refractivity contribution in [1.82, 2.24) is 40.0 Å². The zero-order chi connectivity index (χ0) is 56.1. The molecule has 0 unspecified atom stereocenters. The second-order valence-corrected chi connectivity index (χ2v) is 18.9. The van der Waals surface area contributed by atoms with Crippen LogP contribution in [0.3, 0.4) is 0 Å². The number of fused-ring (bicyclic) bond motifs is 1. The van der Waals surface area contributed by atoms with Gasteiger partial charge < -0.3 is 71.0 Å². The van der Waals surface area contributed by atoms with E-state index in [1.54, 1.807) is 77.1 Å². The Kier molecular flexibility index (Phi) is 23.3. The number of hydrogen-bond donors (Lipinski definition) is 7. The standard InChI is InChI=1S/C52H73N11O14/c1-7-76-49-59-45(54)44-46(60-49)63(50(69)58-44)30-36-14-11-35(28-39(36)72-6)29-61(32-52(4,5)71)51(70)77-31-34-12-15-37(16-13-34)55-47(67)38(10-8-9-20-53)56-48(68)43(33(2)3)57-40(64)19-22-73-24-26-75-27-25-74-23-21-62-41(65)17-18-42(62)66/h11-18,28,33,38,43,71H,7-10,19-27,29-32,53H2,1-6H3,(H,55,67)(H,56,68)(H,57,64)(H,58,69)(H2,54,59,60)/t38-,43-/m0/s1. The molecule has 0 saturated heterocycles. The number of amides is 6. The van der Waals surface area contributed by atoms with Gasteiger partial charge in [0, 0.05) is 36.4 Å². The summed E-state index contributed by atoms with van der Waals surface area (Å²) in [4.78, 5) is 92.0. The number of imidazole rings is 1. The molecule has 3 heterocycles. The van der Waals surface area contributed by atoms with Gasteiger partial charge in [0.15, 0.2) is 17.0 Å². The van der Waals surface area contributed by atoms with Gasteiger partial charge in [0.05, 0.1) is 78.6 Å². The third kappa shape index (κ3) is 19.0. The summed E-state index contributed by atoms with van der Waals surface area (Å²) in [5.74, 6) is -1.98. The number of aromatic nitrogens is 4. The van der Waals surface area contributed by atoms with Crippen LogP contribution in [0.5, 0.6) is 17.8 Å². The molecule has 77 heavy (non-hydrogen) atoms. The minimum Gasteiger partial charge on any atom is -0.496 e. The number of nitrogens with one attached hydrogen (secondary N) is 3. The van der Waals surface area contributed by atoms with Crippen molar-refractivity contribution in [1.29, 1.82) is 0 Å². The van der Waals surface area contributed by atoms with Crippen LogP contribution in [0.15, 0.2) is 54.6 Å². The first-order valence-corrected chi connectivity index (χ1v) is 25.4. The molecule has 1 aliphatic rings. The van der Waals surface area contributed by atoms with Crippen LogP contribution in [0.4, 0.5) is 16.3 Å². The molecule has 2 atom stereocenters. The normalized spacial score (nSPS) is 13.2. The Morgan fingerprint density at radius 1 is 0.857 bits per heavy atom. The first-order valence-electron chi connectivity index (χ1n) is 25.4. The average molecular weight is 1080 g/mol. The lowest BCUT2D eigenvalue weighted by Crippen LogP contribution is -2.54. The number of ether oxygens (including phenoxy) is 6. The van der Waals surface area contributed by atoms with Gasteiger partial charge in [0.1, 0.15) is 24.4 Å². The number of aliphatic hydroxyl groups is 1. The highest BCUT2D eigenvalue weighted by molar-refractivity contribution is 6.12. The fraction of sp³-hybridized carbons (Fsp3) is 0.519. The Morgan fingerprint density at radius 3 is 2.16 bits per heavy atom. The summed E-state index contributed by atoms with van der Waals surface area (Å²) in [6.45, 7) is 10.5. The van der Waals surface area contributed by atoms with Gasteiger partial charge in [0.2, 0.25) is 17.7 Å². The molecule has 0 fully saturated rings. The van der Waals surface area contributed by atoms with Crippen LogP contribution < -0.4 is 36.9 Å². The van der Waals surface area contributed by atoms with Crippen LogP contribution in [0.1, 0.15) is 77.0 Å². The van der Waals surface area contributed by atoms with Crippen LogP contribution in [-0.2, 0) is 62.6 Å². The fourth-order valence-electron chi connectivity index (χ4n) is 7.86. The van der Waals surface area contributed by atoms with Gasteiger partial charge in [-0.05, 0) is 81.8 Å². The maximum atomic E-state index is 13.7. The first kappa shape index (κ1) is 60.4. The number of nitrogens with two attached hydrogens (primary N) is 2. The van der Waals surface area contributed by atoms with Crippen molar-refractivity contribution in [3.63, 3.8) is 0 Å². The Hall–Kier alpha value is -7.45. The quantitative estimate of drug-likeness (QED) is 0.0266. The summed E-state index contributed by atoms with van der Waals surface area (Å²) in [5, 5.41) is 29.9. The Morgan fingerprint density at radius 2 is 1.52 bits per heavy atom. The van der Waals surface area contributed by atoms with Gasteiger partial charge in [-0.15, -0.1) is 0 Å². The molecule has 0 aliphatic carbocycles. The summed E-state index contributed by atoms with van der Waals surface area (Å²) in [6, 6.07) is 9.74. The van der Waals surface area contributed by atoms with Crippen molar-refractivity contribution in [3.05, 3.63) is 71.3 Å². The lowest BCUT2D eigenvalue weighted by atomic mass is 10.0. The maximum absolute atomic E-state index is 13.7. The van der Waals surface area contributed by atoms with Crippen molar-refractivity contribution < 1.29 is 67.4 Å². The van der Waals surface area contributed by atoms with E-state index in [1.807, 2.05) is 0 Å². The minimum atomic E-state index is -1.28. The lowest BCUT2D eigenvalue weighted by molar-refractivity contribution is -0.137. The highest BCUT2D eigenvalue weighted by Crippen LogP contribution is 2.29. The third-order valence-electron chi connectivity index (χ3n) is 11.8. The summed E-state index contributed by atoms with van der Waals surface area (Å²) in [6.07, 6.45) is 3.17. The average Bonchev–Trinajstić information content (AvgIpc) is 3.93. The van der Waals surface area contributed by atoms with Crippen molar-refractivity contribution in [2.45, 2.75) is 97.7 Å². The number of nitrogen functional groups attached to an aromatic ring is 1. The molecule has 2 aromatic carbocycles. The van der Waals surface area contributed by atoms with E-state index in [4.69, 9.17) is 39.9 Å². The number of rotatable bonds is 33. The Balaban J connectivity index is 1.09. The van der Waals surface area contributed by atoms with E-state index in [0.29, 0.717) is 54.1 Å². The number of benzene rings is 2. The minimum absolute atomic E-state index is 0.0203. The molecule has 0 radical (unpaired) electrons. The topological polar surface area (TPSA) is 336 Å². The molecular formula is C52H73N11O14. The molecular weight excluding hydrogens is 1000 g/mol. The van der Waals surface area contributed by atoms with E-state index in [2.05, 4.69) is 30.9 Å². The molecule has 9 N–H and O–H groups in total. The first-order chi connectivity index (χ1) is 36.8.